The largest absolute Gasteiger partial charge is 0.383 e. The highest BCUT2D eigenvalue weighted by Gasteiger charge is 2.09. The van der Waals surface area contributed by atoms with E-state index in [-0.39, 0.29) is 17.5 Å². The van der Waals surface area contributed by atoms with Gasteiger partial charge in [0.25, 0.3) is 5.91 Å². The first kappa shape index (κ1) is 19.7. The number of carbonyl (C=O) groups is 1. The van der Waals surface area contributed by atoms with E-state index in [1.54, 1.807) is 0 Å². The molecular weight excluding hydrogens is 302 g/mol. The smallest absolute Gasteiger partial charge is 0.263 e. The molecule has 5 nitrogen and oxygen atoms in total. The van der Waals surface area contributed by atoms with Crippen molar-refractivity contribution in [2.75, 3.05) is 19.8 Å². The highest BCUT2D eigenvalue weighted by molar-refractivity contribution is 5.97. The molecule has 1 amide bonds. The van der Waals surface area contributed by atoms with Crippen LogP contribution in [0.4, 0.5) is 0 Å². The Bertz CT molecular complexity index is 549. The van der Waals surface area contributed by atoms with E-state index < -0.39 is 0 Å². The van der Waals surface area contributed by atoms with E-state index in [9.17, 15) is 4.79 Å². The van der Waals surface area contributed by atoms with Gasteiger partial charge in [0.05, 0.1) is 0 Å². The van der Waals surface area contributed by atoms with Gasteiger partial charge in [-0.15, -0.1) is 0 Å². The van der Waals surface area contributed by atoms with Gasteiger partial charge < -0.3 is 15.4 Å². The van der Waals surface area contributed by atoms with Gasteiger partial charge in [-0.1, -0.05) is 43.7 Å². The van der Waals surface area contributed by atoms with Crippen molar-refractivity contribution in [3.63, 3.8) is 0 Å². The molecule has 0 aliphatic carbocycles. The van der Waals surface area contributed by atoms with E-state index in [0.717, 1.165) is 31.4 Å². The van der Waals surface area contributed by atoms with Crippen LogP contribution in [-0.4, -0.2) is 25.7 Å². The summed E-state index contributed by atoms with van der Waals surface area (Å²) < 4.78 is 5.43. The molecule has 1 rings (SSSR count). The van der Waals surface area contributed by atoms with Crippen LogP contribution in [0.15, 0.2) is 42.1 Å². The molecule has 2 N–H and O–H groups in total. The number of nitriles is 1. The van der Waals surface area contributed by atoms with Crippen molar-refractivity contribution in [2.45, 2.75) is 39.2 Å². The van der Waals surface area contributed by atoms with Gasteiger partial charge in [-0.25, -0.2) is 0 Å². The van der Waals surface area contributed by atoms with Gasteiger partial charge in [-0.05, 0) is 25.3 Å². The predicted octanol–water partition coefficient (Wildman–Crippen LogP) is 3.07. The Morgan fingerprint density at radius 2 is 2.00 bits per heavy atom. The molecule has 5 heteroatoms. The molecule has 0 heterocycles. The molecule has 0 saturated heterocycles. The van der Waals surface area contributed by atoms with Crippen molar-refractivity contribution in [3.05, 3.63) is 47.7 Å². The summed E-state index contributed by atoms with van der Waals surface area (Å²) in [5.41, 5.74) is 1.17. The van der Waals surface area contributed by atoms with Crippen molar-refractivity contribution in [1.29, 1.82) is 5.26 Å². The van der Waals surface area contributed by atoms with Gasteiger partial charge in [0.15, 0.2) is 0 Å². The van der Waals surface area contributed by atoms with Gasteiger partial charge in [0.2, 0.25) is 0 Å². The van der Waals surface area contributed by atoms with Crippen LogP contribution >= 0.6 is 0 Å². The van der Waals surface area contributed by atoms with Gasteiger partial charge in [0.1, 0.15) is 11.6 Å². The second kappa shape index (κ2) is 12.1. The van der Waals surface area contributed by atoms with Gasteiger partial charge >= 0.3 is 0 Å². The van der Waals surface area contributed by atoms with Crippen LogP contribution in [0.3, 0.4) is 0 Å². The lowest BCUT2D eigenvalue weighted by atomic mass is 10.1. The fourth-order valence-corrected chi connectivity index (χ4v) is 2.01. The molecular formula is C19H27N3O2. The van der Waals surface area contributed by atoms with Gasteiger partial charge in [-0.3, -0.25) is 4.79 Å². The molecule has 1 atom stereocenters. The van der Waals surface area contributed by atoms with Crippen LogP contribution in [0.5, 0.6) is 0 Å². The van der Waals surface area contributed by atoms with Crippen molar-refractivity contribution < 1.29 is 9.53 Å². The lowest BCUT2D eigenvalue weighted by molar-refractivity contribution is -0.117. The molecule has 0 saturated carbocycles. The first-order chi connectivity index (χ1) is 11.7. The summed E-state index contributed by atoms with van der Waals surface area (Å²) in [5, 5.41) is 15.0. The average Bonchev–Trinajstić information content (AvgIpc) is 2.62. The van der Waals surface area contributed by atoms with E-state index in [1.165, 1.54) is 6.20 Å². The Hall–Kier alpha value is -2.32. The monoisotopic (exact) mass is 329 g/mol. The molecule has 0 aromatic heterocycles. The number of rotatable bonds is 11. The van der Waals surface area contributed by atoms with Crippen LogP contribution in [0, 0.1) is 11.3 Å². The summed E-state index contributed by atoms with van der Waals surface area (Å²) in [7, 11) is 0. The predicted molar refractivity (Wildman–Crippen MR) is 95.0 cm³/mol. The zero-order valence-corrected chi connectivity index (χ0v) is 14.5. The van der Waals surface area contributed by atoms with Crippen LogP contribution < -0.4 is 10.6 Å². The maximum Gasteiger partial charge on any atom is 0.263 e. The van der Waals surface area contributed by atoms with Crippen LogP contribution in [0.1, 0.15) is 44.7 Å². The Balaban J connectivity index is 2.34. The molecule has 0 aliphatic rings. The normalized spacial score (nSPS) is 12.3. The third-order valence-electron chi connectivity index (χ3n) is 3.54. The first-order valence-corrected chi connectivity index (χ1v) is 8.46. The summed E-state index contributed by atoms with van der Waals surface area (Å²) in [4.78, 5) is 12.0. The lowest BCUT2D eigenvalue weighted by Gasteiger charge is -2.12. The standard InChI is InChI=1S/C19H27N3O2/c1-3-4-12-24-13-8-11-21-19(23)18(14-20)15-22-16(2)17-9-6-5-7-10-17/h5-7,9-10,15-16,22H,3-4,8,11-13H2,1-2H3,(H,21,23)/b18-15-. The Labute approximate surface area is 144 Å². The minimum Gasteiger partial charge on any atom is -0.383 e. The van der Waals surface area contributed by atoms with E-state index in [2.05, 4.69) is 17.6 Å². The maximum atomic E-state index is 12.0. The number of hydrogen-bond acceptors (Lipinski definition) is 4. The lowest BCUT2D eigenvalue weighted by Crippen LogP contribution is -2.27. The first-order valence-electron chi connectivity index (χ1n) is 8.46. The second-order valence-electron chi connectivity index (χ2n) is 5.54. The third-order valence-corrected chi connectivity index (χ3v) is 3.54. The topological polar surface area (TPSA) is 74.1 Å². The Kier molecular flexibility index (Phi) is 9.98. The SMILES string of the molecule is CCCCOCCCNC(=O)/C(C#N)=C\NC(C)c1ccccc1. The molecule has 0 spiro atoms. The number of carbonyl (C=O) groups excluding carboxylic acids is 1. The summed E-state index contributed by atoms with van der Waals surface area (Å²) in [6.07, 6.45) is 4.38. The number of benzene rings is 1. The van der Waals surface area contributed by atoms with Gasteiger partial charge in [-0.2, -0.15) is 5.26 Å². The van der Waals surface area contributed by atoms with Crippen molar-refractivity contribution >= 4 is 5.91 Å². The summed E-state index contributed by atoms with van der Waals surface area (Å²) in [5.74, 6) is -0.362. The summed E-state index contributed by atoms with van der Waals surface area (Å²) in [6, 6.07) is 11.8. The average molecular weight is 329 g/mol. The zero-order chi connectivity index (χ0) is 17.6. The maximum absolute atomic E-state index is 12.0. The molecule has 1 aromatic carbocycles. The van der Waals surface area contributed by atoms with E-state index in [1.807, 2.05) is 43.3 Å². The fourth-order valence-electron chi connectivity index (χ4n) is 2.01. The molecule has 1 aromatic rings. The number of ether oxygens (including phenoxy) is 1. The summed E-state index contributed by atoms with van der Waals surface area (Å²) in [6.45, 7) is 5.97. The molecule has 0 fully saturated rings. The second-order valence-corrected chi connectivity index (χ2v) is 5.54. The summed E-state index contributed by atoms with van der Waals surface area (Å²) >= 11 is 0. The third kappa shape index (κ3) is 7.80. The molecule has 24 heavy (non-hydrogen) atoms. The number of unbranched alkanes of at least 4 members (excludes halogenated alkanes) is 1. The highest BCUT2D eigenvalue weighted by atomic mass is 16.5. The van der Waals surface area contributed by atoms with E-state index >= 15 is 0 Å². The fraction of sp³-hybridized carbons (Fsp3) is 0.474. The number of nitrogens with zero attached hydrogens (tertiary/aromatic N) is 1. The Morgan fingerprint density at radius 3 is 2.67 bits per heavy atom. The highest BCUT2D eigenvalue weighted by Crippen LogP contribution is 2.11. The minimum absolute atomic E-state index is 0.0225. The van der Waals surface area contributed by atoms with E-state index in [4.69, 9.17) is 10.00 Å². The molecule has 1 unspecified atom stereocenters. The van der Waals surface area contributed by atoms with Crippen LogP contribution in [0.25, 0.3) is 0 Å². The van der Waals surface area contributed by atoms with Crippen LogP contribution in [-0.2, 0) is 9.53 Å². The minimum atomic E-state index is -0.362. The van der Waals surface area contributed by atoms with Crippen LogP contribution in [0.2, 0.25) is 0 Å². The van der Waals surface area contributed by atoms with Crippen molar-refractivity contribution in [3.8, 4) is 6.07 Å². The molecule has 130 valence electrons. The molecule has 0 aliphatic heterocycles. The quantitative estimate of drug-likeness (QED) is 0.372. The molecule has 0 radical (unpaired) electrons. The van der Waals surface area contributed by atoms with E-state index in [0.29, 0.717) is 13.2 Å². The zero-order valence-electron chi connectivity index (χ0n) is 14.5. The van der Waals surface area contributed by atoms with Gasteiger partial charge in [0, 0.05) is 32.0 Å². The van der Waals surface area contributed by atoms with Crippen molar-refractivity contribution in [1.82, 2.24) is 10.6 Å². The number of nitrogens with one attached hydrogen (secondary N) is 2. The number of hydrogen-bond donors (Lipinski definition) is 2. The Morgan fingerprint density at radius 1 is 1.29 bits per heavy atom. The number of amides is 1. The van der Waals surface area contributed by atoms with Crippen molar-refractivity contribution in [2.24, 2.45) is 0 Å². The molecule has 0 bridgehead atoms.